The number of anilines is 1. The zero-order chi connectivity index (χ0) is 29.3. The Morgan fingerprint density at radius 3 is 2.46 bits per heavy atom. The minimum atomic E-state index is -0.390. The lowest BCUT2D eigenvalue weighted by molar-refractivity contribution is -0.134. The van der Waals surface area contributed by atoms with Crippen molar-refractivity contribution in [2.75, 3.05) is 57.7 Å². The summed E-state index contributed by atoms with van der Waals surface area (Å²) >= 11 is 8.23. The molecule has 2 aromatic carbocycles. The van der Waals surface area contributed by atoms with Crippen LogP contribution in [0.1, 0.15) is 42.8 Å². The number of ether oxygens (including phenoxy) is 3. The number of hydrogen-bond donors (Lipinski definition) is 0. The monoisotopic (exact) mass is 598 g/mol. The Morgan fingerprint density at radius 2 is 1.80 bits per heavy atom. The predicted octanol–water partition coefficient (Wildman–Crippen LogP) is 4.87. The second-order valence-corrected chi connectivity index (χ2v) is 12.5. The minimum absolute atomic E-state index is 0.106. The lowest BCUT2D eigenvalue weighted by atomic mass is 9.87. The van der Waals surface area contributed by atoms with E-state index >= 15 is 0 Å². The molecule has 1 atom stereocenters. The van der Waals surface area contributed by atoms with Gasteiger partial charge in [0.2, 0.25) is 11.8 Å². The van der Waals surface area contributed by atoms with Crippen LogP contribution in [0, 0.1) is 0 Å². The summed E-state index contributed by atoms with van der Waals surface area (Å²) in [5.41, 5.74) is 2.87. The molecule has 41 heavy (non-hydrogen) atoms. The maximum absolute atomic E-state index is 13.9. The number of morpholine rings is 1. The summed E-state index contributed by atoms with van der Waals surface area (Å²) in [6, 6.07) is 13.2. The van der Waals surface area contributed by atoms with E-state index in [1.807, 2.05) is 36.4 Å². The molecule has 11 heteroatoms. The van der Waals surface area contributed by atoms with Crippen LogP contribution in [0.15, 0.2) is 42.5 Å². The Kier molecular flexibility index (Phi) is 8.54. The van der Waals surface area contributed by atoms with Crippen LogP contribution in [0.2, 0.25) is 5.02 Å². The van der Waals surface area contributed by atoms with E-state index in [0.29, 0.717) is 54.3 Å². The summed E-state index contributed by atoms with van der Waals surface area (Å²) in [7, 11) is 3.20. The highest BCUT2D eigenvalue weighted by atomic mass is 35.5. The first kappa shape index (κ1) is 29.3. The Bertz CT molecular complexity index is 1450. The molecule has 0 saturated carbocycles. The van der Waals surface area contributed by atoms with Gasteiger partial charge in [-0.25, -0.2) is 4.68 Å². The fraction of sp³-hybridized carbons (Fsp3) is 0.433. The topological polar surface area (TPSA) is 86.1 Å². The largest absolute Gasteiger partial charge is 0.493 e. The molecule has 3 aromatic rings. The number of carbonyl (C=O) groups excluding carboxylic acids is 2. The fourth-order valence-corrected chi connectivity index (χ4v) is 6.60. The molecule has 0 bridgehead atoms. The molecule has 9 nitrogen and oxygen atoms in total. The van der Waals surface area contributed by atoms with Gasteiger partial charge >= 0.3 is 0 Å². The number of aromatic nitrogens is 2. The molecule has 2 aliphatic rings. The van der Waals surface area contributed by atoms with Crippen molar-refractivity contribution in [3.05, 3.63) is 64.3 Å². The molecule has 0 radical (unpaired) electrons. The number of amides is 2. The normalized spacial score (nSPS) is 17.7. The van der Waals surface area contributed by atoms with Crippen LogP contribution in [-0.2, 0) is 19.7 Å². The van der Waals surface area contributed by atoms with Gasteiger partial charge in [-0.1, -0.05) is 50.6 Å². The number of fused-ring (bicyclic) bond motifs is 1. The lowest BCUT2D eigenvalue weighted by Gasteiger charge is -2.30. The third kappa shape index (κ3) is 5.78. The van der Waals surface area contributed by atoms with E-state index in [1.165, 1.54) is 11.8 Å². The van der Waals surface area contributed by atoms with E-state index in [0.717, 1.165) is 16.8 Å². The average molecular weight is 599 g/mol. The first-order valence-electron chi connectivity index (χ1n) is 13.5. The molecule has 2 amide bonds. The zero-order valence-electron chi connectivity index (χ0n) is 24.0. The molecule has 1 fully saturated rings. The van der Waals surface area contributed by atoms with Crippen LogP contribution in [0.4, 0.5) is 5.82 Å². The predicted molar refractivity (Wildman–Crippen MR) is 161 cm³/mol. The van der Waals surface area contributed by atoms with Gasteiger partial charge in [0.15, 0.2) is 11.5 Å². The Hall–Kier alpha value is -3.21. The molecule has 0 aliphatic carbocycles. The number of methoxy groups -OCH3 is 2. The number of carbonyl (C=O) groups is 2. The van der Waals surface area contributed by atoms with Gasteiger partial charge in [-0.2, -0.15) is 5.10 Å². The first-order chi connectivity index (χ1) is 19.6. The van der Waals surface area contributed by atoms with Crippen LogP contribution >= 0.6 is 23.4 Å². The smallest absolute Gasteiger partial charge is 0.242 e. The number of halogens is 1. The van der Waals surface area contributed by atoms with E-state index in [2.05, 4.69) is 20.8 Å². The van der Waals surface area contributed by atoms with E-state index in [1.54, 1.807) is 34.8 Å². The molecule has 1 aromatic heterocycles. The van der Waals surface area contributed by atoms with Crippen LogP contribution in [0.25, 0.3) is 5.69 Å². The number of rotatable bonds is 6. The Morgan fingerprint density at radius 1 is 1.10 bits per heavy atom. The highest BCUT2D eigenvalue weighted by Crippen LogP contribution is 2.49. The number of nitrogens with zero attached hydrogens (tertiary/aromatic N) is 4. The molecule has 218 valence electrons. The molecular weight excluding hydrogens is 564 g/mol. The Labute approximate surface area is 249 Å². The van der Waals surface area contributed by atoms with Gasteiger partial charge in [-0.15, -0.1) is 11.8 Å². The van der Waals surface area contributed by atoms with Crippen molar-refractivity contribution < 1.29 is 23.8 Å². The van der Waals surface area contributed by atoms with E-state index < -0.39 is 0 Å². The van der Waals surface area contributed by atoms with Gasteiger partial charge in [0.25, 0.3) is 0 Å². The van der Waals surface area contributed by atoms with Crippen molar-refractivity contribution in [2.45, 2.75) is 31.4 Å². The van der Waals surface area contributed by atoms with Crippen molar-refractivity contribution >= 4 is 41.0 Å². The molecule has 3 heterocycles. The summed E-state index contributed by atoms with van der Waals surface area (Å²) in [6.07, 6.45) is 0. The maximum Gasteiger partial charge on any atom is 0.242 e. The second-order valence-electron chi connectivity index (χ2n) is 11.0. The standard InChI is InChI=1S/C30H35ClN4O5S/c1-30(2,3)28-26-27(19-10-11-22(38-4)23(16-19)39-5)41-18-25(37)34(17-24(36)33-12-14-40-15-13-33)29(26)35(32-28)21-9-7-6-8-20(21)31/h6-11,16,27H,12-15,17-18H2,1-5H3/t27-/m0/s1. The van der Waals surface area contributed by atoms with E-state index in [4.69, 9.17) is 30.9 Å². The van der Waals surface area contributed by atoms with Crippen molar-refractivity contribution in [1.29, 1.82) is 0 Å². The number of para-hydroxylation sites is 1. The van der Waals surface area contributed by atoms with Crippen molar-refractivity contribution in [1.82, 2.24) is 14.7 Å². The quantitative estimate of drug-likeness (QED) is 0.400. The van der Waals surface area contributed by atoms with Crippen LogP contribution in [-0.4, -0.2) is 79.3 Å². The number of thioether (sulfide) groups is 1. The van der Waals surface area contributed by atoms with Crippen LogP contribution in [0.5, 0.6) is 11.5 Å². The Balaban J connectivity index is 1.75. The average Bonchev–Trinajstić information content (AvgIpc) is 3.30. The molecule has 0 N–H and O–H groups in total. The van der Waals surface area contributed by atoms with Gasteiger partial charge in [0.05, 0.1) is 54.8 Å². The molecule has 0 spiro atoms. The number of hydrogen-bond acceptors (Lipinski definition) is 7. The highest BCUT2D eigenvalue weighted by molar-refractivity contribution is 8.00. The minimum Gasteiger partial charge on any atom is -0.493 e. The SMILES string of the molecule is COc1ccc([C@@H]2SCC(=O)N(CC(=O)N3CCOCC3)c3c2c(C(C)(C)C)nn3-c2ccccc2Cl)cc1OC. The molecule has 1 saturated heterocycles. The third-order valence-corrected chi connectivity index (χ3v) is 8.82. The highest BCUT2D eigenvalue weighted by Gasteiger charge is 2.40. The molecule has 5 rings (SSSR count). The maximum atomic E-state index is 13.9. The fourth-order valence-electron chi connectivity index (χ4n) is 5.19. The summed E-state index contributed by atoms with van der Waals surface area (Å²) in [5.74, 6) is 1.64. The van der Waals surface area contributed by atoms with Gasteiger partial charge in [0.1, 0.15) is 12.4 Å². The van der Waals surface area contributed by atoms with Crippen molar-refractivity contribution in [3.8, 4) is 17.2 Å². The number of benzene rings is 2. The van der Waals surface area contributed by atoms with Gasteiger partial charge in [-0.05, 0) is 29.8 Å². The molecule has 0 unspecified atom stereocenters. The third-order valence-electron chi connectivity index (χ3n) is 7.25. The lowest BCUT2D eigenvalue weighted by Crippen LogP contribution is -2.48. The molecule has 2 aliphatic heterocycles. The van der Waals surface area contributed by atoms with E-state index in [9.17, 15) is 9.59 Å². The first-order valence-corrected chi connectivity index (χ1v) is 14.9. The summed E-state index contributed by atoms with van der Waals surface area (Å²) < 4.78 is 18.3. The zero-order valence-corrected chi connectivity index (χ0v) is 25.6. The summed E-state index contributed by atoms with van der Waals surface area (Å²) in [5, 5.41) is 5.33. The van der Waals surface area contributed by atoms with Gasteiger partial charge in [-0.3, -0.25) is 14.5 Å². The van der Waals surface area contributed by atoms with Crippen molar-refractivity contribution in [3.63, 3.8) is 0 Å². The van der Waals surface area contributed by atoms with Crippen LogP contribution < -0.4 is 14.4 Å². The van der Waals surface area contributed by atoms with Gasteiger partial charge < -0.3 is 19.1 Å². The van der Waals surface area contributed by atoms with Crippen molar-refractivity contribution in [2.24, 2.45) is 0 Å². The summed E-state index contributed by atoms with van der Waals surface area (Å²) in [4.78, 5) is 30.8. The van der Waals surface area contributed by atoms with Crippen LogP contribution in [0.3, 0.4) is 0 Å². The van der Waals surface area contributed by atoms with E-state index in [-0.39, 0.29) is 34.8 Å². The molecular formula is C30H35ClN4O5S. The second kappa shape index (κ2) is 12.0. The summed E-state index contributed by atoms with van der Waals surface area (Å²) in [6.45, 7) is 8.13. The van der Waals surface area contributed by atoms with Gasteiger partial charge in [0, 0.05) is 24.1 Å².